The Morgan fingerprint density at radius 1 is 1.00 bits per heavy atom. The molecule has 0 unspecified atom stereocenters. The average molecular weight is 173 g/mol. The second-order valence-corrected chi connectivity index (χ2v) is 3.63. The maximum absolute atomic E-state index is 3.19. The molecule has 0 fully saturated rings. The quantitative estimate of drug-likeness (QED) is 0.672. The minimum absolute atomic E-state index is 0.840. The van der Waals surface area contributed by atoms with Crippen LogP contribution < -0.4 is 5.32 Å². The molecule has 0 aliphatic carbocycles. The van der Waals surface area contributed by atoms with Crippen molar-refractivity contribution in [2.24, 2.45) is 11.8 Å². The van der Waals surface area contributed by atoms with E-state index in [1.807, 2.05) is 20.9 Å². The van der Waals surface area contributed by atoms with Gasteiger partial charge in [0.2, 0.25) is 0 Å². The summed E-state index contributed by atoms with van der Waals surface area (Å²) in [7, 11) is 2.02. The molecular weight excluding hydrogens is 146 g/mol. The van der Waals surface area contributed by atoms with Gasteiger partial charge < -0.3 is 5.32 Å². The molecule has 1 N–H and O–H groups in total. The molecular formula is C11H27N. The maximum Gasteiger partial charge on any atom is -0.00262 e. The summed E-state index contributed by atoms with van der Waals surface area (Å²) < 4.78 is 0. The molecule has 0 aromatic rings. The van der Waals surface area contributed by atoms with E-state index in [0.29, 0.717) is 0 Å². The predicted octanol–water partition coefficient (Wildman–Crippen LogP) is 3.30. The van der Waals surface area contributed by atoms with Crippen molar-refractivity contribution >= 4 is 0 Å². The van der Waals surface area contributed by atoms with Gasteiger partial charge in [0.05, 0.1) is 0 Å². The molecule has 0 bridgehead atoms. The highest BCUT2D eigenvalue weighted by atomic mass is 14.8. The zero-order valence-electron chi connectivity index (χ0n) is 9.78. The van der Waals surface area contributed by atoms with E-state index in [-0.39, 0.29) is 0 Å². The molecule has 76 valence electrons. The van der Waals surface area contributed by atoms with E-state index < -0.39 is 0 Å². The van der Waals surface area contributed by atoms with Crippen LogP contribution in [0, 0.1) is 11.8 Å². The minimum atomic E-state index is 0.840. The van der Waals surface area contributed by atoms with Crippen molar-refractivity contribution in [3.8, 4) is 0 Å². The highest BCUT2D eigenvalue weighted by Crippen LogP contribution is 2.10. The fraction of sp³-hybridized carbons (Fsp3) is 1.00. The third-order valence-electron chi connectivity index (χ3n) is 1.79. The Hall–Kier alpha value is -0.0400. The van der Waals surface area contributed by atoms with Gasteiger partial charge in [0, 0.05) is 0 Å². The molecule has 1 atom stereocenters. The summed E-state index contributed by atoms with van der Waals surface area (Å²) in [5.41, 5.74) is 0. The van der Waals surface area contributed by atoms with Crippen LogP contribution >= 0.6 is 0 Å². The Labute approximate surface area is 78.9 Å². The zero-order valence-corrected chi connectivity index (χ0v) is 9.78. The van der Waals surface area contributed by atoms with Crippen LogP contribution in [0.1, 0.15) is 47.5 Å². The first kappa shape index (κ1) is 14.5. The van der Waals surface area contributed by atoms with Crippen LogP contribution in [0.3, 0.4) is 0 Å². The summed E-state index contributed by atoms with van der Waals surface area (Å²) in [5.74, 6) is 1.70. The Balaban J connectivity index is 0. The molecule has 0 saturated carbocycles. The largest absolute Gasteiger partial charge is 0.319 e. The van der Waals surface area contributed by atoms with Crippen LogP contribution in [0.4, 0.5) is 0 Å². The maximum atomic E-state index is 3.19. The van der Waals surface area contributed by atoms with Crippen LogP contribution in [0.2, 0.25) is 0 Å². The molecule has 0 aromatic carbocycles. The van der Waals surface area contributed by atoms with Gasteiger partial charge >= 0.3 is 0 Å². The van der Waals surface area contributed by atoms with Gasteiger partial charge in [-0.3, -0.25) is 0 Å². The molecule has 0 rings (SSSR count). The van der Waals surface area contributed by atoms with Gasteiger partial charge in [0.1, 0.15) is 0 Å². The summed E-state index contributed by atoms with van der Waals surface area (Å²) in [6.45, 7) is 12.0. The van der Waals surface area contributed by atoms with Crippen molar-refractivity contribution in [2.45, 2.75) is 47.5 Å². The standard InChI is InChI=1S/C9H21N.C2H6/c1-8(2)5-6-9(3)7-10-4;1-2/h8-10H,5-7H2,1-4H3;1-2H3/t9-;/m1./s1. The lowest BCUT2D eigenvalue weighted by Gasteiger charge is -2.11. The first-order chi connectivity index (χ1) is 5.66. The number of hydrogen-bond acceptors (Lipinski definition) is 1. The Bertz CT molecular complexity index is 69.4. The summed E-state index contributed by atoms with van der Waals surface area (Å²) in [4.78, 5) is 0. The molecule has 0 aliphatic heterocycles. The van der Waals surface area contributed by atoms with Crippen molar-refractivity contribution < 1.29 is 0 Å². The van der Waals surface area contributed by atoms with Crippen LogP contribution in [0.5, 0.6) is 0 Å². The van der Waals surface area contributed by atoms with Crippen LogP contribution in [0.25, 0.3) is 0 Å². The molecule has 0 aromatic heterocycles. The van der Waals surface area contributed by atoms with E-state index in [2.05, 4.69) is 26.1 Å². The predicted molar refractivity (Wildman–Crippen MR) is 58.5 cm³/mol. The van der Waals surface area contributed by atoms with Gasteiger partial charge in [-0.05, 0) is 31.8 Å². The van der Waals surface area contributed by atoms with Gasteiger partial charge in [-0.1, -0.05) is 41.0 Å². The molecule has 1 nitrogen and oxygen atoms in total. The van der Waals surface area contributed by atoms with Gasteiger partial charge in [0.25, 0.3) is 0 Å². The molecule has 0 spiro atoms. The van der Waals surface area contributed by atoms with E-state index in [1.165, 1.54) is 12.8 Å². The van der Waals surface area contributed by atoms with Crippen molar-refractivity contribution in [3.63, 3.8) is 0 Å². The second-order valence-electron chi connectivity index (χ2n) is 3.63. The van der Waals surface area contributed by atoms with Gasteiger partial charge in [0.15, 0.2) is 0 Å². The summed E-state index contributed by atoms with van der Waals surface area (Å²) in [6, 6.07) is 0. The van der Waals surface area contributed by atoms with E-state index in [1.54, 1.807) is 0 Å². The number of nitrogens with one attached hydrogen (secondary N) is 1. The lowest BCUT2D eigenvalue weighted by Crippen LogP contribution is -2.16. The van der Waals surface area contributed by atoms with Gasteiger partial charge in [-0.15, -0.1) is 0 Å². The first-order valence-corrected chi connectivity index (χ1v) is 5.31. The van der Waals surface area contributed by atoms with Crippen molar-refractivity contribution in [1.82, 2.24) is 5.32 Å². The SMILES string of the molecule is CC.CNC[C@H](C)CCC(C)C. The average Bonchev–Trinajstić information content (AvgIpc) is 2.05. The minimum Gasteiger partial charge on any atom is -0.319 e. The zero-order chi connectivity index (χ0) is 9.98. The summed E-state index contributed by atoms with van der Waals surface area (Å²) in [6.07, 6.45) is 2.72. The monoisotopic (exact) mass is 173 g/mol. The highest BCUT2D eigenvalue weighted by molar-refractivity contribution is 4.56. The highest BCUT2D eigenvalue weighted by Gasteiger charge is 2.01. The third-order valence-corrected chi connectivity index (χ3v) is 1.79. The van der Waals surface area contributed by atoms with E-state index in [4.69, 9.17) is 0 Å². The van der Waals surface area contributed by atoms with Crippen molar-refractivity contribution in [3.05, 3.63) is 0 Å². The smallest absolute Gasteiger partial charge is 0.00262 e. The summed E-state index contributed by atoms with van der Waals surface area (Å²) >= 11 is 0. The second kappa shape index (κ2) is 11.0. The number of rotatable bonds is 5. The fourth-order valence-electron chi connectivity index (χ4n) is 1.07. The number of hydrogen-bond donors (Lipinski definition) is 1. The van der Waals surface area contributed by atoms with E-state index >= 15 is 0 Å². The van der Waals surface area contributed by atoms with Crippen LogP contribution in [-0.2, 0) is 0 Å². The molecule has 0 aliphatic rings. The van der Waals surface area contributed by atoms with Gasteiger partial charge in [-0.25, -0.2) is 0 Å². The lowest BCUT2D eigenvalue weighted by molar-refractivity contribution is 0.438. The van der Waals surface area contributed by atoms with E-state index in [0.717, 1.165) is 18.4 Å². The molecule has 1 heteroatoms. The third kappa shape index (κ3) is 12.6. The van der Waals surface area contributed by atoms with Crippen LogP contribution in [-0.4, -0.2) is 13.6 Å². The van der Waals surface area contributed by atoms with Crippen molar-refractivity contribution in [2.75, 3.05) is 13.6 Å². The normalized spacial score (nSPS) is 12.2. The summed E-state index contributed by atoms with van der Waals surface area (Å²) in [5, 5.41) is 3.19. The Kier molecular flexibility index (Phi) is 13.2. The molecule has 0 saturated heterocycles. The lowest BCUT2D eigenvalue weighted by atomic mass is 9.99. The van der Waals surface area contributed by atoms with Gasteiger partial charge in [-0.2, -0.15) is 0 Å². The molecule has 0 amide bonds. The molecule has 0 heterocycles. The topological polar surface area (TPSA) is 12.0 Å². The molecule has 0 radical (unpaired) electrons. The fourth-order valence-corrected chi connectivity index (χ4v) is 1.07. The Morgan fingerprint density at radius 2 is 1.50 bits per heavy atom. The first-order valence-electron chi connectivity index (χ1n) is 5.31. The van der Waals surface area contributed by atoms with Crippen molar-refractivity contribution in [1.29, 1.82) is 0 Å². The molecule has 12 heavy (non-hydrogen) atoms. The van der Waals surface area contributed by atoms with Crippen LogP contribution in [0.15, 0.2) is 0 Å². The van der Waals surface area contributed by atoms with E-state index in [9.17, 15) is 0 Å². The Morgan fingerprint density at radius 3 is 1.83 bits per heavy atom.